The van der Waals surface area contributed by atoms with Crippen LogP contribution in [0.25, 0.3) is 0 Å². The van der Waals surface area contributed by atoms with E-state index in [9.17, 15) is 18.0 Å². The van der Waals surface area contributed by atoms with Crippen LogP contribution in [-0.4, -0.2) is 62.0 Å². The summed E-state index contributed by atoms with van der Waals surface area (Å²) in [4.78, 5) is 26.7. The summed E-state index contributed by atoms with van der Waals surface area (Å²) in [7, 11) is -2.12. The molecule has 0 spiro atoms. The first-order valence-electron chi connectivity index (χ1n) is 12.4. The molecule has 11 heteroatoms. The number of methoxy groups -OCH3 is 1. The van der Waals surface area contributed by atoms with Gasteiger partial charge in [-0.2, -0.15) is 11.8 Å². The summed E-state index contributed by atoms with van der Waals surface area (Å²) in [6, 6.07) is 14.4. The van der Waals surface area contributed by atoms with Crippen molar-refractivity contribution in [2.75, 3.05) is 19.4 Å². The quantitative estimate of drug-likeness (QED) is 0.277. The van der Waals surface area contributed by atoms with Crippen molar-refractivity contribution in [2.45, 2.75) is 60.9 Å². The number of benzene rings is 2. The van der Waals surface area contributed by atoms with E-state index >= 15 is 0 Å². The molecule has 2 saturated heterocycles. The van der Waals surface area contributed by atoms with Crippen LogP contribution in [0.1, 0.15) is 36.8 Å². The van der Waals surface area contributed by atoms with Gasteiger partial charge in [0.2, 0.25) is 15.9 Å². The van der Waals surface area contributed by atoms with Crippen LogP contribution in [0.5, 0.6) is 5.75 Å². The third kappa shape index (κ3) is 7.39. The minimum absolute atomic E-state index is 0.0714. The van der Waals surface area contributed by atoms with Gasteiger partial charge in [-0.15, -0.1) is 0 Å². The smallest absolute Gasteiger partial charge is 0.315 e. The minimum atomic E-state index is -3.74. The van der Waals surface area contributed by atoms with Gasteiger partial charge in [-0.25, -0.2) is 18.4 Å². The van der Waals surface area contributed by atoms with Crippen LogP contribution in [0.2, 0.25) is 0 Å². The predicted octanol–water partition coefficient (Wildman–Crippen LogP) is 2.64. The second-order valence-corrected chi connectivity index (χ2v) is 12.3. The average Bonchev–Trinajstić information content (AvgIpc) is 3.43. The number of urea groups is 1. The van der Waals surface area contributed by atoms with Crippen molar-refractivity contribution in [3.8, 4) is 5.75 Å². The molecule has 2 aromatic rings. The highest BCUT2D eigenvalue weighted by Crippen LogP contribution is 2.33. The Labute approximate surface area is 222 Å². The second-order valence-electron chi connectivity index (χ2n) is 9.47. The fourth-order valence-electron chi connectivity index (χ4n) is 4.78. The molecule has 2 fully saturated rings. The van der Waals surface area contributed by atoms with E-state index in [0.29, 0.717) is 31.2 Å². The lowest BCUT2D eigenvalue weighted by atomic mass is 10.0. The Morgan fingerprint density at radius 1 is 1.08 bits per heavy atom. The highest BCUT2D eigenvalue weighted by Gasteiger charge is 2.42. The van der Waals surface area contributed by atoms with Gasteiger partial charge in [0.25, 0.3) is 0 Å². The van der Waals surface area contributed by atoms with Crippen molar-refractivity contribution >= 4 is 33.7 Å². The second kappa shape index (κ2) is 12.2. The lowest BCUT2D eigenvalue weighted by Crippen LogP contribution is -2.36. The van der Waals surface area contributed by atoms with Crippen LogP contribution in [0, 0.1) is 0 Å². The number of rotatable bonds is 12. The molecule has 200 valence electrons. The van der Waals surface area contributed by atoms with Crippen molar-refractivity contribution < 1.29 is 22.7 Å². The summed E-state index contributed by atoms with van der Waals surface area (Å²) < 4.78 is 28.3. The molecule has 0 unspecified atom stereocenters. The summed E-state index contributed by atoms with van der Waals surface area (Å²) in [6.07, 6.45) is 3.73. The lowest BCUT2D eigenvalue weighted by molar-refractivity contribution is -0.131. The molecule has 2 aliphatic rings. The lowest BCUT2D eigenvalue weighted by Gasteiger charge is -2.24. The zero-order valence-electron chi connectivity index (χ0n) is 20.9. The van der Waals surface area contributed by atoms with Crippen LogP contribution in [-0.2, 0) is 27.8 Å². The van der Waals surface area contributed by atoms with Crippen molar-refractivity contribution in [3.05, 3.63) is 59.7 Å². The number of nitrogens with one attached hydrogen (secondary N) is 2. The number of sulfonamides is 1. The number of nitrogens with two attached hydrogens (primary N) is 1. The Balaban J connectivity index is 1.32. The van der Waals surface area contributed by atoms with E-state index in [4.69, 9.17) is 9.88 Å². The molecule has 2 heterocycles. The zero-order chi connectivity index (χ0) is 26.4. The van der Waals surface area contributed by atoms with Crippen molar-refractivity contribution in [2.24, 2.45) is 5.14 Å². The Morgan fingerprint density at radius 3 is 2.46 bits per heavy atom. The van der Waals surface area contributed by atoms with E-state index < -0.39 is 10.0 Å². The van der Waals surface area contributed by atoms with Gasteiger partial charge in [0.05, 0.1) is 24.1 Å². The van der Waals surface area contributed by atoms with Gasteiger partial charge < -0.3 is 20.3 Å². The van der Waals surface area contributed by atoms with Gasteiger partial charge in [0.1, 0.15) is 5.75 Å². The van der Waals surface area contributed by atoms with Crippen molar-refractivity contribution in [3.63, 3.8) is 0 Å². The number of hydrogen-bond donors (Lipinski definition) is 3. The molecule has 0 saturated carbocycles. The number of carbonyl (C=O) groups excluding carboxylic acids is 2. The molecule has 4 N–H and O–H groups in total. The van der Waals surface area contributed by atoms with Crippen LogP contribution in [0.15, 0.2) is 53.4 Å². The van der Waals surface area contributed by atoms with Crippen LogP contribution in [0.3, 0.4) is 0 Å². The van der Waals surface area contributed by atoms with E-state index in [-0.39, 0.29) is 28.9 Å². The van der Waals surface area contributed by atoms with E-state index in [1.165, 1.54) is 12.1 Å². The SMILES string of the molecule is COc1ccc(CN(CCc2ccc(S(N)(=O)=O)cc2)C(=O)CCCC[C@@H]2SC[C@@H]3NC(=O)N[C@@H]32)cc1. The number of thioether (sulfide) groups is 1. The molecular weight excluding hydrogens is 512 g/mol. The first-order valence-corrected chi connectivity index (χ1v) is 15.0. The van der Waals surface area contributed by atoms with E-state index in [0.717, 1.165) is 41.9 Å². The number of primary sulfonamides is 1. The van der Waals surface area contributed by atoms with E-state index in [2.05, 4.69) is 10.6 Å². The van der Waals surface area contributed by atoms with Gasteiger partial charge in [0.15, 0.2) is 0 Å². The first kappa shape index (κ1) is 27.3. The maximum Gasteiger partial charge on any atom is 0.315 e. The third-order valence-electron chi connectivity index (χ3n) is 6.87. The summed E-state index contributed by atoms with van der Waals surface area (Å²) in [5.41, 5.74) is 1.94. The van der Waals surface area contributed by atoms with Crippen LogP contribution in [0.4, 0.5) is 4.79 Å². The number of ether oxygens (including phenoxy) is 1. The minimum Gasteiger partial charge on any atom is -0.497 e. The fraction of sp³-hybridized carbons (Fsp3) is 0.462. The molecule has 3 atom stereocenters. The Hall–Kier alpha value is -2.76. The molecule has 0 bridgehead atoms. The predicted molar refractivity (Wildman–Crippen MR) is 144 cm³/mol. The van der Waals surface area contributed by atoms with Gasteiger partial charge in [-0.1, -0.05) is 30.7 Å². The third-order valence-corrected chi connectivity index (χ3v) is 9.31. The van der Waals surface area contributed by atoms with Gasteiger partial charge in [-0.05, 0) is 54.7 Å². The normalized spacial score (nSPS) is 20.7. The summed E-state index contributed by atoms with van der Waals surface area (Å²) in [5.74, 6) is 1.78. The monoisotopic (exact) mass is 546 g/mol. The molecule has 37 heavy (non-hydrogen) atoms. The van der Waals surface area contributed by atoms with Gasteiger partial charge >= 0.3 is 6.03 Å². The number of hydrogen-bond acceptors (Lipinski definition) is 6. The Kier molecular flexibility index (Phi) is 8.99. The Bertz CT molecular complexity index is 1190. The molecule has 0 aliphatic carbocycles. The Morgan fingerprint density at radius 2 is 1.78 bits per heavy atom. The fourth-order valence-corrected chi connectivity index (χ4v) is 6.84. The number of carbonyl (C=O) groups is 2. The summed E-state index contributed by atoms with van der Waals surface area (Å²) >= 11 is 1.89. The van der Waals surface area contributed by atoms with E-state index in [1.54, 1.807) is 19.2 Å². The van der Waals surface area contributed by atoms with Crippen LogP contribution < -0.4 is 20.5 Å². The number of unbranched alkanes of at least 4 members (excludes halogenated alkanes) is 1. The molecule has 9 nitrogen and oxygen atoms in total. The molecule has 4 rings (SSSR count). The highest BCUT2D eigenvalue weighted by molar-refractivity contribution is 8.00. The van der Waals surface area contributed by atoms with Gasteiger partial charge in [0, 0.05) is 30.5 Å². The molecular formula is C26H34N4O5S2. The zero-order valence-corrected chi connectivity index (χ0v) is 22.5. The maximum absolute atomic E-state index is 13.2. The number of amides is 3. The molecule has 3 amide bonds. The molecule has 0 aromatic heterocycles. The molecule has 2 aromatic carbocycles. The van der Waals surface area contributed by atoms with Crippen molar-refractivity contribution in [1.29, 1.82) is 0 Å². The maximum atomic E-state index is 13.2. The molecule has 2 aliphatic heterocycles. The number of nitrogens with zero attached hydrogens (tertiary/aromatic N) is 1. The first-order chi connectivity index (χ1) is 17.7. The van der Waals surface area contributed by atoms with E-state index in [1.807, 2.05) is 40.9 Å². The highest BCUT2D eigenvalue weighted by atomic mass is 32.2. The van der Waals surface area contributed by atoms with Gasteiger partial charge in [-0.3, -0.25) is 4.79 Å². The van der Waals surface area contributed by atoms with Crippen molar-refractivity contribution in [1.82, 2.24) is 15.5 Å². The standard InChI is InChI=1S/C26H34N4O5S2/c1-35-20-10-6-19(7-11-20)16-30(15-14-18-8-12-21(13-9-18)37(27,33)34)24(31)5-3-2-4-23-25-22(17-36-23)28-26(32)29-25/h6-13,22-23,25H,2-5,14-17H2,1H3,(H2,27,33,34)(H2,28,29,32)/t22-,23-,25-/m0/s1. The van der Waals surface area contributed by atoms with Crippen LogP contribution >= 0.6 is 11.8 Å². The largest absolute Gasteiger partial charge is 0.497 e. The topological polar surface area (TPSA) is 131 Å². The summed E-state index contributed by atoms with van der Waals surface area (Å²) in [6.45, 7) is 0.998. The molecule has 0 radical (unpaired) electrons. The summed E-state index contributed by atoms with van der Waals surface area (Å²) in [5, 5.41) is 11.6. The average molecular weight is 547 g/mol. The number of fused-ring (bicyclic) bond motifs is 1.